The zero-order chi connectivity index (χ0) is 27.8. The van der Waals surface area contributed by atoms with Gasteiger partial charge < -0.3 is 9.64 Å². The van der Waals surface area contributed by atoms with Crippen molar-refractivity contribution >= 4 is 51.5 Å². The van der Waals surface area contributed by atoms with Crippen LogP contribution < -0.4 is 10.1 Å². The van der Waals surface area contributed by atoms with Gasteiger partial charge in [-0.15, -0.1) is 0 Å². The molecule has 1 N–H and O–H groups in total. The van der Waals surface area contributed by atoms with E-state index in [1.165, 1.54) is 41.8 Å². The van der Waals surface area contributed by atoms with Crippen molar-refractivity contribution in [1.82, 2.24) is 24.8 Å². The molecule has 0 spiro atoms. The average Bonchev–Trinajstić information content (AvgIpc) is 3.46. The maximum atomic E-state index is 13.3. The number of aryl methyl sites for hydroxylation is 1. The number of alkyl halides is 2. The summed E-state index contributed by atoms with van der Waals surface area (Å²) in [6.07, 6.45) is 1.19. The summed E-state index contributed by atoms with van der Waals surface area (Å²) in [6, 6.07) is 4.55. The standard InChI is InChI=1S/C25H18Cl2F2N6O3S/c1-11-3-13(14-5-20(27)31-8-18(14)38-2)15(7-30-11)23(36)34-25-33-17-9-35(10-19(17)39-25)24(37)12-4-16(26)21(22(28)29)32-6-12/h3-8,22H,9-10H2,1-2H3,(H,33,34,36). The number of carbonyl (C=O) groups is 2. The Bertz CT molecular complexity index is 1590. The van der Waals surface area contributed by atoms with Crippen LogP contribution in [0.2, 0.25) is 10.2 Å². The predicted molar refractivity (Wildman–Crippen MR) is 142 cm³/mol. The van der Waals surface area contributed by atoms with Crippen molar-refractivity contribution < 1.29 is 23.1 Å². The zero-order valence-corrected chi connectivity index (χ0v) is 22.7. The molecule has 5 heterocycles. The Labute approximate surface area is 234 Å². The first kappa shape index (κ1) is 26.9. The summed E-state index contributed by atoms with van der Waals surface area (Å²) >= 11 is 13.2. The van der Waals surface area contributed by atoms with Crippen LogP contribution in [-0.4, -0.2) is 43.8 Å². The molecule has 2 amide bonds. The molecule has 5 rings (SSSR count). The van der Waals surface area contributed by atoms with Crippen LogP contribution in [0.15, 0.2) is 36.8 Å². The number of carbonyl (C=O) groups excluding carboxylic acids is 2. The van der Waals surface area contributed by atoms with Gasteiger partial charge in [0.2, 0.25) is 0 Å². The number of aromatic nitrogens is 4. The smallest absolute Gasteiger partial charge is 0.281 e. The van der Waals surface area contributed by atoms with Crippen LogP contribution in [-0.2, 0) is 13.1 Å². The zero-order valence-electron chi connectivity index (χ0n) is 20.3. The number of nitrogens with one attached hydrogen (secondary N) is 1. The molecule has 0 saturated heterocycles. The maximum Gasteiger partial charge on any atom is 0.281 e. The number of fused-ring (bicyclic) bond motifs is 1. The van der Waals surface area contributed by atoms with Crippen molar-refractivity contribution in [1.29, 1.82) is 0 Å². The Hall–Kier alpha value is -3.74. The fourth-order valence-corrected chi connectivity index (χ4v) is 5.45. The number of anilines is 1. The Morgan fingerprint density at radius 3 is 2.56 bits per heavy atom. The van der Waals surface area contributed by atoms with Crippen LogP contribution in [0.3, 0.4) is 0 Å². The summed E-state index contributed by atoms with van der Waals surface area (Å²) in [5.41, 5.74) is 2.26. The lowest BCUT2D eigenvalue weighted by Crippen LogP contribution is -2.26. The average molecular weight is 591 g/mol. The number of pyridine rings is 3. The fraction of sp³-hybridized carbons (Fsp3) is 0.200. The van der Waals surface area contributed by atoms with Gasteiger partial charge in [-0.25, -0.2) is 18.7 Å². The Morgan fingerprint density at radius 1 is 1.08 bits per heavy atom. The van der Waals surface area contributed by atoms with Gasteiger partial charge in [-0.2, -0.15) is 0 Å². The van der Waals surface area contributed by atoms with E-state index in [2.05, 4.69) is 25.3 Å². The highest BCUT2D eigenvalue weighted by atomic mass is 35.5. The molecule has 0 aliphatic carbocycles. The third kappa shape index (κ3) is 5.40. The van der Waals surface area contributed by atoms with Crippen LogP contribution in [0.5, 0.6) is 5.75 Å². The Balaban J connectivity index is 1.33. The molecule has 1 aliphatic rings. The minimum Gasteiger partial charge on any atom is -0.494 e. The minimum atomic E-state index is -2.84. The second kappa shape index (κ2) is 10.8. The summed E-state index contributed by atoms with van der Waals surface area (Å²) < 4.78 is 31.2. The van der Waals surface area contributed by atoms with Crippen molar-refractivity contribution in [3.63, 3.8) is 0 Å². The molecule has 0 atom stereocenters. The van der Waals surface area contributed by atoms with Crippen LogP contribution in [0.25, 0.3) is 11.1 Å². The summed E-state index contributed by atoms with van der Waals surface area (Å²) in [6.45, 7) is 2.22. The Morgan fingerprint density at radius 2 is 1.87 bits per heavy atom. The third-order valence-corrected chi connectivity index (χ3v) is 7.42. The number of rotatable bonds is 6. The molecular formula is C25H18Cl2F2N6O3S. The first-order valence-corrected chi connectivity index (χ1v) is 12.9. The molecule has 200 valence electrons. The lowest BCUT2D eigenvalue weighted by atomic mass is 10.0. The van der Waals surface area contributed by atoms with Crippen LogP contribution in [0.1, 0.15) is 49.1 Å². The Kier molecular flexibility index (Phi) is 7.43. The highest BCUT2D eigenvalue weighted by Crippen LogP contribution is 2.36. The molecule has 9 nitrogen and oxygen atoms in total. The van der Waals surface area contributed by atoms with Crippen LogP contribution in [0, 0.1) is 6.92 Å². The van der Waals surface area contributed by atoms with E-state index in [9.17, 15) is 18.4 Å². The molecular weight excluding hydrogens is 573 g/mol. The van der Waals surface area contributed by atoms with E-state index in [0.29, 0.717) is 33.4 Å². The number of methoxy groups -OCH3 is 1. The molecule has 0 bridgehead atoms. The van der Waals surface area contributed by atoms with Gasteiger partial charge in [0.1, 0.15) is 16.6 Å². The highest BCUT2D eigenvalue weighted by molar-refractivity contribution is 7.16. The van der Waals surface area contributed by atoms with Gasteiger partial charge in [0, 0.05) is 29.2 Å². The first-order valence-electron chi connectivity index (χ1n) is 11.3. The lowest BCUT2D eigenvalue weighted by molar-refractivity contribution is 0.0749. The number of halogens is 4. The van der Waals surface area contributed by atoms with Crippen molar-refractivity contribution in [2.45, 2.75) is 26.4 Å². The van der Waals surface area contributed by atoms with E-state index < -0.39 is 23.9 Å². The molecule has 4 aromatic rings. The summed E-state index contributed by atoms with van der Waals surface area (Å²) in [4.78, 5) is 44.8. The van der Waals surface area contributed by atoms with Gasteiger partial charge in [0.25, 0.3) is 18.2 Å². The number of nitrogens with zero attached hydrogens (tertiary/aromatic N) is 5. The SMILES string of the molecule is COc1cnc(Cl)cc1-c1cc(C)ncc1C(=O)Nc1nc2c(s1)CN(C(=O)c1cnc(C(F)F)c(Cl)c1)C2. The van der Waals surface area contributed by atoms with Gasteiger partial charge in [-0.1, -0.05) is 34.5 Å². The van der Waals surface area contributed by atoms with Crippen LogP contribution in [0.4, 0.5) is 13.9 Å². The summed E-state index contributed by atoms with van der Waals surface area (Å²) in [7, 11) is 1.50. The third-order valence-electron chi connectivity index (χ3n) is 5.91. The van der Waals surface area contributed by atoms with Gasteiger partial charge in [-0.3, -0.25) is 24.9 Å². The number of amides is 2. The van der Waals surface area contributed by atoms with E-state index in [0.717, 1.165) is 11.1 Å². The second-order valence-corrected chi connectivity index (χ2v) is 10.4. The second-order valence-electron chi connectivity index (χ2n) is 8.47. The van der Waals surface area contributed by atoms with E-state index in [-0.39, 0.29) is 34.4 Å². The molecule has 0 saturated carbocycles. The molecule has 0 fully saturated rings. The first-order chi connectivity index (χ1) is 18.6. The van der Waals surface area contributed by atoms with Crippen LogP contribution >= 0.6 is 34.5 Å². The number of thiazole rings is 1. The molecule has 39 heavy (non-hydrogen) atoms. The highest BCUT2D eigenvalue weighted by Gasteiger charge is 2.29. The van der Waals surface area contributed by atoms with Crippen molar-refractivity contribution in [2.24, 2.45) is 0 Å². The van der Waals surface area contributed by atoms with Crippen molar-refractivity contribution in [3.05, 3.63) is 80.1 Å². The molecule has 0 unspecified atom stereocenters. The molecule has 14 heteroatoms. The monoisotopic (exact) mass is 590 g/mol. The van der Waals surface area contributed by atoms with Gasteiger partial charge in [0.05, 0.1) is 53.1 Å². The van der Waals surface area contributed by atoms with E-state index in [1.54, 1.807) is 19.1 Å². The maximum absolute atomic E-state index is 13.3. The predicted octanol–water partition coefficient (Wildman–Crippen LogP) is 5.96. The van der Waals surface area contributed by atoms with E-state index >= 15 is 0 Å². The molecule has 4 aromatic heterocycles. The minimum absolute atomic E-state index is 0.0964. The molecule has 1 aliphatic heterocycles. The van der Waals surface area contributed by atoms with E-state index in [1.807, 2.05) is 0 Å². The molecule has 0 aromatic carbocycles. The number of hydrogen-bond acceptors (Lipinski definition) is 8. The van der Waals surface area contributed by atoms with Gasteiger partial charge >= 0.3 is 0 Å². The fourth-order valence-electron chi connectivity index (χ4n) is 4.06. The summed E-state index contributed by atoms with van der Waals surface area (Å²) in [5, 5.41) is 3.13. The van der Waals surface area contributed by atoms with Gasteiger partial charge in [-0.05, 0) is 25.1 Å². The largest absolute Gasteiger partial charge is 0.494 e. The van der Waals surface area contributed by atoms with Crippen molar-refractivity contribution in [2.75, 3.05) is 12.4 Å². The van der Waals surface area contributed by atoms with Crippen molar-refractivity contribution in [3.8, 4) is 16.9 Å². The van der Waals surface area contributed by atoms with E-state index in [4.69, 9.17) is 27.9 Å². The number of ether oxygens (including phenoxy) is 1. The number of hydrogen-bond donors (Lipinski definition) is 1. The summed E-state index contributed by atoms with van der Waals surface area (Å²) in [5.74, 6) is -0.411. The normalized spacial score (nSPS) is 12.5. The topological polar surface area (TPSA) is 110 Å². The molecule has 0 radical (unpaired) electrons. The lowest BCUT2D eigenvalue weighted by Gasteiger charge is -2.16. The van der Waals surface area contributed by atoms with Gasteiger partial charge in [0.15, 0.2) is 5.13 Å². The quantitative estimate of drug-likeness (QED) is 0.276.